The van der Waals surface area contributed by atoms with Gasteiger partial charge in [0.1, 0.15) is 0 Å². The number of thioether (sulfide) groups is 1. The van der Waals surface area contributed by atoms with Gasteiger partial charge < -0.3 is 15.0 Å². The lowest BCUT2D eigenvalue weighted by atomic mass is 10.1. The average Bonchev–Trinajstić information content (AvgIpc) is 3.15. The summed E-state index contributed by atoms with van der Waals surface area (Å²) in [5.74, 6) is 0.865. The summed E-state index contributed by atoms with van der Waals surface area (Å²) < 4.78 is 7.10. The van der Waals surface area contributed by atoms with E-state index in [2.05, 4.69) is 37.1 Å². The standard InChI is InChI=1S/C20H29N5O2S/c1-16(18(26)21-12-9-15-27-2)28-20-23-22-19(24-13-7-4-8-14-24)25(20)17-10-5-3-6-11-17/h3,5-6,10-11,16H,4,7-9,12-15H2,1-2H3,(H,21,26). The van der Waals surface area contributed by atoms with Crippen molar-refractivity contribution in [1.82, 2.24) is 20.1 Å². The minimum absolute atomic E-state index is 0.00300. The second kappa shape index (κ2) is 10.5. The largest absolute Gasteiger partial charge is 0.385 e. The number of para-hydroxylation sites is 1. The van der Waals surface area contributed by atoms with Crippen molar-refractivity contribution in [1.29, 1.82) is 0 Å². The van der Waals surface area contributed by atoms with E-state index in [0.717, 1.165) is 36.3 Å². The molecule has 1 atom stereocenters. The van der Waals surface area contributed by atoms with Gasteiger partial charge in [-0.25, -0.2) is 0 Å². The Hall–Kier alpha value is -2.06. The van der Waals surface area contributed by atoms with E-state index >= 15 is 0 Å². The number of carbonyl (C=O) groups is 1. The number of benzene rings is 1. The Morgan fingerprint density at radius 3 is 2.68 bits per heavy atom. The molecule has 0 saturated carbocycles. The molecular formula is C20H29N5O2S. The molecule has 1 aliphatic rings. The molecule has 0 radical (unpaired) electrons. The van der Waals surface area contributed by atoms with Crippen molar-refractivity contribution in [2.45, 2.75) is 43.0 Å². The average molecular weight is 404 g/mol. The molecule has 0 bridgehead atoms. The van der Waals surface area contributed by atoms with Crippen molar-refractivity contribution < 1.29 is 9.53 Å². The third kappa shape index (κ3) is 5.26. The Kier molecular flexibility index (Phi) is 7.73. The van der Waals surface area contributed by atoms with Gasteiger partial charge in [0.05, 0.1) is 10.9 Å². The number of carbonyl (C=O) groups excluding carboxylic acids is 1. The van der Waals surface area contributed by atoms with Crippen LogP contribution >= 0.6 is 11.8 Å². The predicted molar refractivity (Wildman–Crippen MR) is 112 cm³/mol. The summed E-state index contributed by atoms with van der Waals surface area (Å²) in [6.07, 6.45) is 4.41. The fourth-order valence-corrected chi connectivity index (χ4v) is 4.11. The number of methoxy groups -OCH3 is 1. The molecular weight excluding hydrogens is 374 g/mol. The van der Waals surface area contributed by atoms with Crippen LogP contribution in [0.2, 0.25) is 0 Å². The number of anilines is 1. The third-order valence-electron chi connectivity index (χ3n) is 4.75. The van der Waals surface area contributed by atoms with Crippen LogP contribution in [0.3, 0.4) is 0 Å². The minimum atomic E-state index is -0.261. The van der Waals surface area contributed by atoms with E-state index in [0.29, 0.717) is 13.2 Å². The highest BCUT2D eigenvalue weighted by Gasteiger charge is 2.24. The van der Waals surface area contributed by atoms with Crippen LogP contribution in [-0.4, -0.2) is 59.3 Å². The summed E-state index contributed by atoms with van der Waals surface area (Å²) in [7, 11) is 1.66. The summed E-state index contributed by atoms with van der Waals surface area (Å²) >= 11 is 1.44. The lowest BCUT2D eigenvalue weighted by Crippen LogP contribution is -2.33. The van der Waals surface area contributed by atoms with Gasteiger partial charge in [0.2, 0.25) is 11.9 Å². The van der Waals surface area contributed by atoms with E-state index in [4.69, 9.17) is 4.74 Å². The monoisotopic (exact) mass is 403 g/mol. The molecule has 1 aliphatic heterocycles. The molecule has 2 aromatic rings. The van der Waals surface area contributed by atoms with E-state index in [1.807, 2.05) is 25.1 Å². The molecule has 1 aromatic heterocycles. The highest BCUT2D eigenvalue weighted by atomic mass is 32.2. The van der Waals surface area contributed by atoms with Gasteiger partial charge in [0.15, 0.2) is 5.16 Å². The highest BCUT2D eigenvalue weighted by molar-refractivity contribution is 8.00. The van der Waals surface area contributed by atoms with Gasteiger partial charge in [-0.2, -0.15) is 0 Å². The first-order valence-corrected chi connectivity index (χ1v) is 10.8. The van der Waals surface area contributed by atoms with Crippen LogP contribution < -0.4 is 10.2 Å². The molecule has 1 saturated heterocycles. The van der Waals surface area contributed by atoms with Gasteiger partial charge in [0.25, 0.3) is 0 Å². The number of ether oxygens (including phenoxy) is 1. The molecule has 8 heteroatoms. The molecule has 0 aliphatic carbocycles. The van der Waals surface area contributed by atoms with Gasteiger partial charge in [-0.15, -0.1) is 10.2 Å². The highest BCUT2D eigenvalue weighted by Crippen LogP contribution is 2.30. The van der Waals surface area contributed by atoms with Crippen LogP contribution in [0.15, 0.2) is 35.5 Å². The lowest BCUT2D eigenvalue weighted by Gasteiger charge is -2.28. The summed E-state index contributed by atoms with van der Waals surface area (Å²) in [5.41, 5.74) is 1.02. The van der Waals surface area contributed by atoms with Crippen LogP contribution in [0.5, 0.6) is 0 Å². The molecule has 152 valence electrons. The van der Waals surface area contributed by atoms with Gasteiger partial charge in [-0.05, 0) is 44.7 Å². The van der Waals surface area contributed by atoms with E-state index in [1.54, 1.807) is 7.11 Å². The summed E-state index contributed by atoms with van der Waals surface area (Å²) in [4.78, 5) is 14.7. The van der Waals surface area contributed by atoms with Gasteiger partial charge in [-0.3, -0.25) is 9.36 Å². The SMILES string of the molecule is COCCCNC(=O)C(C)Sc1nnc(N2CCCCC2)n1-c1ccccc1. The van der Waals surface area contributed by atoms with E-state index in [-0.39, 0.29) is 11.2 Å². The quantitative estimate of drug-likeness (QED) is 0.513. The first-order chi connectivity index (χ1) is 13.7. The molecule has 1 unspecified atom stereocenters. The Morgan fingerprint density at radius 1 is 1.21 bits per heavy atom. The molecule has 1 fully saturated rings. The predicted octanol–water partition coefficient (Wildman–Crippen LogP) is 2.89. The second-order valence-electron chi connectivity index (χ2n) is 6.90. The molecule has 0 spiro atoms. The zero-order chi connectivity index (χ0) is 19.8. The number of nitrogens with one attached hydrogen (secondary N) is 1. The third-order valence-corrected chi connectivity index (χ3v) is 5.79. The summed E-state index contributed by atoms with van der Waals surface area (Å²) in [6.45, 7) is 5.14. The van der Waals surface area contributed by atoms with Gasteiger partial charge in [-0.1, -0.05) is 30.0 Å². The van der Waals surface area contributed by atoms with Crippen LogP contribution in [0.4, 0.5) is 5.95 Å². The van der Waals surface area contributed by atoms with E-state index in [1.165, 1.54) is 31.0 Å². The number of amides is 1. The molecule has 2 heterocycles. The Balaban J connectivity index is 1.77. The smallest absolute Gasteiger partial charge is 0.233 e. The van der Waals surface area contributed by atoms with Crippen LogP contribution in [0.25, 0.3) is 5.69 Å². The van der Waals surface area contributed by atoms with Crippen LogP contribution in [0.1, 0.15) is 32.6 Å². The molecule has 7 nitrogen and oxygen atoms in total. The second-order valence-corrected chi connectivity index (χ2v) is 8.21. The summed E-state index contributed by atoms with van der Waals surface area (Å²) in [5, 5.41) is 12.4. The van der Waals surface area contributed by atoms with Crippen molar-refractivity contribution >= 4 is 23.6 Å². The topological polar surface area (TPSA) is 72.3 Å². The number of hydrogen-bond acceptors (Lipinski definition) is 6. The normalized spacial score (nSPS) is 15.4. The Morgan fingerprint density at radius 2 is 1.96 bits per heavy atom. The van der Waals surface area contributed by atoms with Gasteiger partial charge in [0, 0.05) is 33.4 Å². The number of nitrogens with zero attached hydrogens (tertiary/aromatic N) is 4. The zero-order valence-electron chi connectivity index (χ0n) is 16.6. The molecule has 28 heavy (non-hydrogen) atoms. The molecule has 3 rings (SSSR count). The fraction of sp³-hybridized carbons (Fsp3) is 0.550. The van der Waals surface area contributed by atoms with Crippen molar-refractivity contribution in [2.75, 3.05) is 38.3 Å². The Labute approximate surface area is 170 Å². The lowest BCUT2D eigenvalue weighted by molar-refractivity contribution is -0.120. The van der Waals surface area contributed by atoms with Gasteiger partial charge >= 0.3 is 0 Å². The maximum Gasteiger partial charge on any atom is 0.233 e. The number of aromatic nitrogens is 3. The fourth-order valence-electron chi connectivity index (χ4n) is 3.22. The number of rotatable bonds is 9. The molecule has 1 aromatic carbocycles. The van der Waals surface area contributed by atoms with Crippen molar-refractivity contribution in [2.24, 2.45) is 0 Å². The maximum atomic E-state index is 12.4. The maximum absolute atomic E-state index is 12.4. The van der Waals surface area contributed by atoms with Crippen molar-refractivity contribution in [3.63, 3.8) is 0 Å². The van der Waals surface area contributed by atoms with Crippen molar-refractivity contribution in [3.05, 3.63) is 30.3 Å². The zero-order valence-corrected chi connectivity index (χ0v) is 17.5. The molecule has 1 N–H and O–H groups in total. The van der Waals surface area contributed by atoms with E-state index < -0.39 is 0 Å². The van der Waals surface area contributed by atoms with E-state index in [9.17, 15) is 4.79 Å². The first-order valence-electron chi connectivity index (χ1n) is 9.90. The van der Waals surface area contributed by atoms with Crippen LogP contribution in [0, 0.1) is 0 Å². The number of piperidine rings is 1. The number of hydrogen-bond donors (Lipinski definition) is 1. The first kappa shape index (κ1) is 20.7. The van der Waals surface area contributed by atoms with Crippen LogP contribution in [-0.2, 0) is 9.53 Å². The summed E-state index contributed by atoms with van der Waals surface area (Å²) in [6, 6.07) is 10.1. The minimum Gasteiger partial charge on any atom is -0.385 e. The Bertz CT molecular complexity index is 746. The molecule has 1 amide bonds. The van der Waals surface area contributed by atoms with Crippen molar-refractivity contribution in [3.8, 4) is 5.69 Å².